The van der Waals surface area contributed by atoms with Crippen LogP contribution >= 0.6 is 0 Å². The highest BCUT2D eigenvalue weighted by molar-refractivity contribution is 5.73. The lowest BCUT2D eigenvalue weighted by atomic mass is 9.96. The van der Waals surface area contributed by atoms with Crippen LogP contribution in [0, 0.1) is 0 Å². The first-order chi connectivity index (χ1) is 9.08. The Bertz CT molecular complexity index is 454. The predicted molar refractivity (Wildman–Crippen MR) is 80.0 cm³/mol. The van der Waals surface area contributed by atoms with E-state index in [-0.39, 0.29) is 0 Å². The van der Waals surface area contributed by atoms with Gasteiger partial charge in [-0.2, -0.15) is 0 Å². The molecular formula is C16H24N2O. The highest BCUT2D eigenvalue weighted by atomic mass is 16.2. The molecule has 1 aromatic rings. The molecule has 0 radical (unpaired) electrons. The fraction of sp³-hybridized carbons (Fsp3) is 0.438. The minimum absolute atomic E-state index is 0.445. The number of hydrogen-bond acceptors (Lipinski definition) is 1. The molecule has 2 rings (SSSR count). The third kappa shape index (κ3) is 3.85. The molecule has 19 heavy (non-hydrogen) atoms. The molecule has 0 fully saturated rings. The van der Waals surface area contributed by atoms with Gasteiger partial charge in [-0.1, -0.05) is 51.6 Å². The number of hydrogen-bond donors (Lipinski definition) is 2. The Hall–Kier alpha value is -1.77. The van der Waals surface area contributed by atoms with E-state index >= 15 is 0 Å². The van der Waals surface area contributed by atoms with Gasteiger partial charge in [0.1, 0.15) is 0 Å². The summed E-state index contributed by atoms with van der Waals surface area (Å²) in [6.45, 7) is 10.1. The van der Waals surface area contributed by atoms with Crippen molar-refractivity contribution in [2.45, 2.75) is 45.4 Å². The Morgan fingerprint density at radius 1 is 1.37 bits per heavy atom. The number of primary amides is 1. The normalized spacial score (nSPS) is 19.9. The Morgan fingerprint density at radius 2 is 1.95 bits per heavy atom. The first-order valence-corrected chi connectivity index (χ1v) is 6.91. The molecule has 2 unspecified atom stereocenters. The van der Waals surface area contributed by atoms with Gasteiger partial charge in [0, 0.05) is 5.70 Å². The van der Waals surface area contributed by atoms with Crippen LogP contribution in [-0.4, -0.2) is 6.03 Å². The van der Waals surface area contributed by atoms with Crippen LogP contribution in [0.25, 0.3) is 0 Å². The number of carbonyl (C=O) groups excluding carboxylic acids is 1. The summed E-state index contributed by atoms with van der Waals surface area (Å²) in [5.74, 6) is 1.03. The molecule has 1 aliphatic rings. The highest BCUT2D eigenvalue weighted by Crippen LogP contribution is 2.43. The largest absolute Gasteiger partial charge is 0.351 e. The number of urea groups is 1. The fourth-order valence-electron chi connectivity index (χ4n) is 2.73. The quantitative estimate of drug-likeness (QED) is 0.851. The number of fused-ring (bicyclic) bond motifs is 1. The van der Waals surface area contributed by atoms with Gasteiger partial charge < -0.3 is 11.1 Å². The summed E-state index contributed by atoms with van der Waals surface area (Å²) in [7, 11) is 0. The molecule has 0 aliphatic heterocycles. The second-order valence-corrected chi connectivity index (χ2v) is 4.76. The zero-order valence-electron chi connectivity index (χ0n) is 12.1. The van der Waals surface area contributed by atoms with Crippen LogP contribution in [0.3, 0.4) is 0 Å². The van der Waals surface area contributed by atoms with Crippen LogP contribution in [0.15, 0.2) is 36.5 Å². The molecule has 3 nitrogen and oxygen atoms in total. The van der Waals surface area contributed by atoms with E-state index in [1.807, 2.05) is 13.8 Å². The molecule has 0 saturated heterocycles. The van der Waals surface area contributed by atoms with Crippen LogP contribution in [0.5, 0.6) is 0 Å². The van der Waals surface area contributed by atoms with Crippen molar-refractivity contribution in [3.8, 4) is 0 Å². The first-order valence-electron chi connectivity index (χ1n) is 6.91. The Labute approximate surface area is 115 Å². The zero-order chi connectivity index (χ0) is 14.4. The molecule has 0 aromatic heterocycles. The summed E-state index contributed by atoms with van der Waals surface area (Å²) in [6, 6.07) is 7.96. The maximum Gasteiger partial charge on any atom is 0.316 e. The molecule has 0 heterocycles. The molecule has 3 N–H and O–H groups in total. The number of amides is 2. The van der Waals surface area contributed by atoms with E-state index < -0.39 is 6.03 Å². The van der Waals surface area contributed by atoms with Gasteiger partial charge >= 0.3 is 6.03 Å². The number of allylic oxidation sites excluding steroid dienone is 1. The Morgan fingerprint density at radius 3 is 2.53 bits per heavy atom. The van der Waals surface area contributed by atoms with Gasteiger partial charge in [-0.25, -0.2) is 4.79 Å². The fourth-order valence-corrected chi connectivity index (χ4v) is 2.73. The van der Waals surface area contributed by atoms with Gasteiger partial charge in [-0.05, 0) is 35.8 Å². The van der Waals surface area contributed by atoms with Crippen LogP contribution in [-0.2, 0) is 0 Å². The lowest BCUT2D eigenvalue weighted by molar-refractivity contribution is 0.251. The number of rotatable bonds is 3. The van der Waals surface area contributed by atoms with Gasteiger partial charge in [0.05, 0.1) is 0 Å². The maximum absolute atomic E-state index is 10.7. The van der Waals surface area contributed by atoms with Crippen LogP contribution in [0.4, 0.5) is 4.79 Å². The summed E-state index contributed by atoms with van der Waals surface area (Å²) in [4.78, 5) is 10.7. The van der Waals surface area contributed by atoms with E-state index in [4.69, 9.17) is 5.73 Å². The molecule has 1 aromatic carbocycles. The molecule has 2 atom stereocenters. The van der Waals surface area contributed by atoms with Crippen molar-refractivity contribution in [2.24, 2.45) is 5.73 Å². The van der Waals surface area contributed by atoms with Gasteiger partial charge in [0.25, 0.3) is 0 Å². The molecule has 0 spiro atoms. The number of nitrogens with two attached hydrogens (primary N) is 1. The van der Waals surface area contributed by atoms with Crippen molar-refractivity contribution >= 4 is 6.03 Å². The van der Waals surface area contributed by atoms with Crippen molar-refractivity contribution in [3.05, 3.63) is 47.7 Å². The van der Waals surface area contributed by atoms with Crippen molar-refractivity contribution in [2.75, 3.05) is 0 Å². The van der Waals surface area contributed by atoms with E-state index in [9.17, 15) is 4.79 Å². The van der Waals surface area contributed by atoms with E-state index in [0.717, 1.165) is 12.8 Å². The van der Waals surface area contributed by atoms with E-state index in [1.54, 1.807) is 0 Å². The number of nitrogens with one attached hydrogen (secondary N) is 1. The third-order valence-corrected chi connectivity index (χ3v) is 3.40. The van der Waals surface area contributed by atoms with E-state index in [2.05, 4.69) is 43.1 Å². The van der Waals surface area contributed by atoms with Crippen LogP contribution in [0.1, 0.15) is 56.6 Å². The minimum Gasteiger partial charge on any atom is -0.351 e. The van der Waals surface area contributed by atoms with Crippen molar-refractivity contribution in [1.29, 1.82) is 0 Å². The van der Waals surface area contributed by atoms with Gasteiger partial charge in [-0.3, -0.25) is 0 Å². The summed E-state index contributed by atoms with van der Waals surface area (Å²) >= 11 is 0. The lowest BCUT2D eigenvalue weighted by Crippen LogP contribution is -2.28. The number of benzene rings is 1. The molecule has 1 aliphatic carbocycles. The van der Waals surface area contributed by atoms with Crippen LogP contribution in [0.2, 0.25) is 0 Å². The van der Waals surface area contributed by atoms with E-state index in [1.165, 1.54) is 11.1 Å². The minimum atomic E-state index is -0.533. The van der Waals surface area contributed by atoms with E-state index in [0.29, 0.717) is 17.5 Å². The summed E-state index contributed by atoms with van der Waals surface area (Å²) in [5, 5.41) is 2.56. The molecule has 0 saturated carbocycles. The van der Waals surface area contributed by atoms with Gasteiger partial charge in [0.15, 0.2) is 0 Å². The Kier molecular flexibility index (Phi) is 5.61. The average Bonchev–Trinajstić information content (AvgIpc) is 2.68. The topological polar surface area (TPSA) is 55.1 Å². The summed E-state index contributed by atoms with van der Waals surface area (Å²) in [5.41, 5.74) is 8.58. The second-order valence-electron chi connectivity index (χ2n) is 4.76. The molecule has 0 bridgehead atoms. The first kappa shape index (κ1) is 15.3. The van der Waals surface area contributed by atoms with Gasteiger partial charge in [0.2, 0.25) is 0 Å². The highest BCUT2D eigenvalue weighted by Gasteiger charge is 2.27. The van der Waals surface area contributed by atoms with Crippen molar-refractivity contribution in [1.82, 2.24) is 5.32 Å². The van der Waals surface area contributed by atoms with Crippen molar-refractivity contribution in [3.63, 3.8) is 0 Å². The maximum atomic E-state index is 10.7. The molecule has 2 amide bonds. The van der Waals surface area contributed by atoms with Crippen LogP contribution < -0.4 is 11.1 Å². The number of carbonyl (C=O) groups is 1. The smallest absolute Gasteiger partial charge is 0.316 e. The van der Waals surface area contributed by atoms with Crippen molar-refractivity contribution < 1.29 is 4.79 Å². The molecule has 104 valence electrons. The average molecular weight is 260 g/mol. The second kappa shape index (κ2) is 6.98. The monoisotopic (exact) mass is 260 g/mol. The summed E-state index contributed by atoms with van der Waals surface area (Å²) < 4.78 is 0. The predicted octanol–water partition coefficient (Wildman–Crippen LogP) is 3.88. The standard InChI is InChI=1S/C14H18N2O.C2H6/c1-9-7-11(8-10(2)16-14(15)17)13-6-4-3-5-12(9)13;1-2/h3-6,9,11H,2,7-8H2,1H3,(H3,15,16,17);1-2H3. The SMILES string of the molecule is C=C(CC1CC(C)c2ccccc21)NC(N)=O.CC. The molecular weight excluding hydrogens is 236 g/mol. The Balaban J connectivity index is 0.000000861. The zero-order valence-corrected chi connectivity index (χ0v) is 12.1. The molecule has 3 heteroatoms. The summed E-state index contributed by atoms with van der Waals surface area (Å²) in [6.07, 6.45) is 1.88. The third-order valence-electron chi connectivity index (χ3n) is 3.40. The lowest BCUT2D eigenvalue weighted by Gasteiger charge is -2.13. The van der Waals surface area contributed by atoms with Gasteiger partial charge in [-0.15, -0.1) is 0 Å².